The predicted octanol–water partition coefficient (Wildman–Crippen LogP) is 4.46. The Hall–Kier alpha value is -0.300. The smallest absolute Gasteiger partial charge is 0.122 e. The number of aromatic nitrogens is 2. The summed E-state index contributed by atoms with van der Waals surface area (Å²) in [7, 11) is 0. The van der Waals surface area contributed by atoms with Gasteiger partial charge in [-0.2, -0.15) is 5.10 Å². The molecule has 0 amide bonds. The molecule has 3 nitrogen and oxygen atoms in total. The summed E-state index contributed by atoms with van der Waals surface area (Å²) >= 11 is 14.4. The standard InChI is InChI=1S/C13H13Cl2IN2O/c1-7(2)18-12(10(15)6-17-18)13(19)8-3-4-11(16)9(14)5-8/h3-7,13,19H,1-2H3. The van der Waals surface area contributed by atoms with Gasteiger partial charge < -0.3 is 5.11 Å². The molecule has 0 aliphatic carbocycles. The van der Waals surface area contributed by atoms with Gasteiger partial charge in [-0.05, 0) is 54.1 Å². The Balaban J connectivity index is 2.46. The average molecular weight is 411 g/mol. The number of benzene rings is 1. The van der Waals surface area contributed by atoms with Crippen molar-refractivity contribution in [3.63, 3.8) is 0 Å². The summed E-state index contributed by atoms with van der Waals surface area (Å²) < 4.78 is 2.66. The molecule has 0 aliphatic rings. The van der Waals surface area contributed by atoms with E-state index in [-0.39, 0.29) is 6.04 Å². The zero-order valence-corrected chi connectivity index (χ0v) is 14.1. The Morgan fingerprint density at radius 3 is 2.53 bits per heavy atom. The number of nitrogens with zero attached hydrogens (tertiary/aromatic N) is 2. The zero-order chi connectivity index (χ0) is 14.2. The number of rotatable bonds is 3. The minimum absolute atomic E-state index is 0.122. The van der Waals surface area contributed by atoms with E-state index >= 15 is 0 Å². The second-order valence-corrected chi connectivity index (χ2v) is 6.47. The third kappa shape index (κ3) is 3.07. The maximum Gasteiger partial charge on any atom is 0.122 e. The molecule has 6 heteroatoms. The maximum absolute atomic E-state index is 10.5. The highest BCUT2D eigenvalue weighted by atomic mass is 127. The maximum atomic E-state index is 10.5. The fourth-order valence-electron chi connectivity index (χ4n) is 1.86. The summed E-state index contributed by atoms with van der Waals surface area (Å²) in [6, 6.07) is 5.58. The average Bonchev–Trinajstić information content (AvgIpc) is 2.74. The molecule has 1 aromatic heterocycles. The summed E-state index contributed by atoms with van der Waals surface area (Å²) in [5, 5.41) is 15.8. The van der Waals surface area contributed by atoms with E-state index in [0.29, 0.717) is 21.3 Å². The lowest BCUT2D eigenvalue weighted by molar-refractivity contribution is 0.205. The molecule has 0 radical (unpaired) electrons. The lowest BCUT2D eigenvalue weighted by Gasteiger charge is -2.17. The number of aliphatic hydroxyl groups is 1. The molecule has 0 spiro atoms. The van der Waals surface area contributed by atoms with Crippen molar-refractivity contribution in [3.8, 4) is 0 Å². The van der Waals surface area contributed by atoms with Crippen LogP contribution in [0.1, 0.15) is 37.3 Å². The van der Waals surface area contributed by atoms with Crippen molar-refractivity contribution in [2.75, 3.05) is 0 Å². The van der Waals surface area contributed by atoms with Gasteiger partial charge in [-0.25, -0.2) is 0 Å². The minimum Gasteiger partial charge on any atom is -0.382 e. The number of hydrogen-bond acceptors (Lipinski definition) is 2. The van der Waals surface area contributed by atoms with Crippen LogP contribution in [0.15, 0.2) is 24.4 Å². The fourth-order valence-corrected chi connectivity index (χ4v) is 2.62. The molecule has 19 heavy (non-hydrogen) atoms. The van der Waals surface area contributed by atoms with Crippen molar-refractivity contribution in [2.45, 2.75) is 26.0 Å². The lowest BCUT2D eigenvalue weighted by atomic mass is 10.1. The molecule has 102 valence electrons. The van der Waals surface area contributed by atoms with Crippen molar-refractivity contribution < 1.29 is 5.11 Å². The molecular formula is C13H13Cl2IN2O. The molecule has 0 saturated heterocycles. The third-order valence-electron chi connectivity index (χ3n) is 2.79. The van der Waals surface area contributed by atoms with Crippen LogP contribution >= 0.6 is 45.8 Å². The van der Waals surface area contributed by atoms with Crippen molar-refractivity contribution >= 4 is 45.8 Å². The monoisotopic (exact) mass is 410 g/mol. The van der Waals surface area contributed by atoms with Gasteiger partial charge in [0.2, 0.25) is 0 Å². The molecule has 2 aromatic rings. The summed E-state index contributed by atoms with van der Waals surface area (Å²) in [4.78, 5) is 0. The van der Waals surface area contributed by atoms with Crippen molar-refractivity contribution in [2.24, 2.45) is 0 Å². The van der Waals surface area contributed by atoms with Crippen molar-refractivity contribution in [1.29, 1.82) is 0 Å². The highest BCUT2D eigenvalue weighted by Gasteiger charge is 2.21. The molecule has 1 atom stereocenters. The normalized spacial score (nSPS) is 13.0. The van der Waals surface area contributed by atoms with Crippen LogP contribution in [0, 0.1) is 3.57 Å². The second kappa shape index (κ2) is 5.99. The van der Waals surface area contributed by atoms with Crippen molar-refractivity contribution in [3.05, 3.63) is 49.3 Å². The molecule has 1 aromatic carbocycles. The molecule has 2 rings (SSSR count). The van der Waals surface area contributed by atoms with E-state index in [4.69, 9.17) is 23.2 Å². The van der Waals surface area contributed by atoms with Gasteiger partial charge in [-0.3, -0.25) is 4.68 Å². The van der Waals surface area contributed by atoms with Crippen LogP contribution in [0.2, 0.25) is 10.0 Å². The Labute approximate surface area is 135 Å². The molecule has 0 saturated carbocycles. The first-order chi connectivity index (χ1) is 8.91. The molecule has 1 unspecified atom stereocenters. The van der Waals surface area contributed by atoms with E-state index in [1.165, 1.54) is 0 Å². The highest BCUT2D eigenvalue weighted by Crippen LogP contribution is 2.32. The number of hydrogen-bond donors (Lipinski definition) is 1. The van der Waals surface area contributed by atoms with Gasteiger partial charge in [0.15, 0.2) is 0 Å². The van der Waals surface area contributed by atoms with Gasteiger partial charge in [0.05, 0.1) is 21.9 Å². The van der Waals surface area contributed by atoms with E-state index in [9.17, 15) is 5.11 Å². The fraction of sp³-hybridized carbons (Fsp3) is 0.308. The van der Waals surface area contributed by atoms with E-state index < -0.39 is 6.10 Å². The Morgan fingerprint density at radius 1 is 1.26 bits per heavy atom. The molecule has 1 N–H and O–H groups in total. The summed E-state index contributed by atoms with van der Waals surface area (Å²) in [6.45, 7) is 3.97. The summed E-state index contributed by atoms with van der Waals surface area (Å²) in [6.07, 6.45) is 0.709. The quantitative estimate of drug-likeness (QED) is 0.758. The van der Waals surface area contributed by atoms with Crippen LogP contribution in [-0.2, 0) is 0 Å². The van der Waals surface area contributed by atoms with Gasteiger partial charge in [0, 0.05) is 9.61 Å². The van der Waals surface area contributed by atoms with E-state index in [0.717, 1.165) is 3.57 Å². The molecule has 0 bridgehead atoms. The van der Waals surface area contributed by atoms with Crippen molar-refractivity contribution in [1.82, 2.24) is 9.78 Å². The second-order valence-electron chi connectivity index (χ2n) is 4.49. The predicted molar refractivity (Wildman–Crippen MR) is 85.9 cm³/mol. The summed E-state index contributed by atoms with van der Waals surface area (Å²) in [5.41, 5.74) is 1.30. The van der Waals surface area contributed by atoms with Crippen LogP contribution in [0.5, 0.6) is 0 Å². The van der Waals surface area contributed by atoms with Crippen LogP contribution < -0.4 is 0 Å². The van der Waals surface area contributed by atoms with Gasteiger partial charge >= 0.3 is 0 Å². The van der Waals surface area contributed by atoms with Gasteiger partial charge in [-0.1, -0.05) is 29.3 Å². The van der Waals surface area contributed by atoms with Crippen LogP contribution in [0.25, 0.3) is 0 Å². The number of halogens is 3. The lowest BCUT2D eigenvalue weighted by Crippen LogP contribution is -2.12. The highest BCUT2D eigenvalue weighted by molar-refractivity contribution is 14.1. The molecular weight excluding hydrogens is 398 g/mol. The van der Waals surface area contributed by atoms with Gasteiger partial charge in [-0.15, -0.1) is 0 Å². The Kier molecular flexibility index (Phi) is 4.76. The summed E-state index contributed by atoms with van der Waals surface area (Å²) in [5.74, 6) is 0. The minimum atomic E-state index is -0.841. The topological polar surface area (TPSA) is 38.0 Å². The SMILES string of the molecule is CC(C)n1ncc(Cl)c1C(O)c1ccc(I)c(Cl)c1. The molecule has 0 fully saturated rings. The Morgan fingerprint density at radius 2 is 1.95 bits per heavy atom. The first kappa shape index (κ1) is 15.1. The Bertz CT molecular complexity index is 598. The van der Waals surface area contributed by atoms with E-state index in [1.807, 2.05) is 26.0 Å². The van der Waals surface area contributed by atoms with Crippen LogP contribution in [0.3, 0.4) is 0 Å². The number of aliphatic hydroxyl groups excluding tert-OH is 1. The van der Waals surface area contributed by atoms with Gasteiger partial charge in [0.25, 0.3) is 0 Å². The zero-order valence-electron chi connectivity index (χ0n) is 10.4. The third-order valence-corrected chi connectivity index (χ3v) is 4.66. The van der Waals surface area contributed by atoms with E-state index in [1.54, 1.807) is 16.9 Å². The molecule has 1 heterocycles. The van der Waals surface area contributed by atoms with E-state index in [2.05, 4.69) is 27.7 Å². The first-order valence-electron chi connectivity index (χ1n) is 5.77. The first-order valence-corrected chi connectivity index (χ1v) is 7.61. The largest absolute Gasteiger partial charge is 0.382 e. The van der Waals surface area contributed by atoms with Crippen LogP contribution in [0.4, 0.5) is 0 Å². The van der Waals surface area contributed by atoms with Crippen LogP contribution in [-0.4, -0.2) is 14.9 Å². The van der Waals surface area contributed by atoms with Gasteiger partial charge in [0.1, 0.15) is 6.10 Å². The molecule has 0 aliphatic heterocycles.